The number of pyridine rings is 1. The van der Waals surface area contributed by atoms with Gasteiger partial charge in [-0.1, -0.05) is 6.07 Å². The van der Waals surface area contributed by atoms with Gasteiger partial charge in [-0.3, -0.25) is 4.98 Å². The molecule has 1 unspecified atom stereocenters. The van der Waals surface area contributed by atoms with Crippen LogP contribution in [0.15, 0.2) is 35.0 Å². The van der Waals surface area contributed by atoms with Gasteiger partial charge in [0.1, 0.15) is 5.01 Å². The third-order valence-electron chi connectivity index (χ3n) is 3.84. The van der Waals surface area contributed by atoms with E-state index < -0.39 is 0 Å². The molecule has 0 spiro atoms. The van der Waals surface area contributed by atoms with Crippen LogP contribution in [0.2, 0.25) is 0 Å². The van der Waals surface area contributed by atoms with Crippen LogP contribution in [-0.2, 0) is 13.0 Å². The van der Waals surface area contributed by atoms with E-state index in [1.54, 1.807) is 22.7 Å². The fourth-order valence-corrected chi connectivity index (χ4v) is 4.14. The second-order valence-electron chi connectivity index (χ2n) is 5.73. The van der Waals surface area contributed by atoms with Crippen LogP contribution in [0.25, 0.3) is 0 Å². The maximum atomic E-state index is 4.76. The standard InChI is InChI=1S/C18H21N3S2.ClH/c1-12-5-4-6-16(20-12)10-19-17(9-15-7-8-22-11-15)18-21-13(2)14(3)23-18;/h4-8,11,17,19H,9-10H2,1-3H3;1H. The van der Waals surface area contributed by atoms with Crippen LogP contribution in [0.1, 0.15) is 38.6 Å². The van der Waals surface area contributed by atoms with Crippen LogP contribution < -0.4 is 5.32 Å². The Bertz CT molecular complexity index is 749. The van der Waals surface area contributed by atoms with Crippen molar-refractivity contribution in [1.29, 1.82) is 0 Å². The maximum Gasteiger partial charge on any atom is 0.110 e. The SMILES string of the molecule is Cc1cccc(CNC(Cc2ccsc2)c2nc(C)c(C)s2)n1.Cl. The van der Waals surface area contributed by atoms with Crippen molar-refractivity contribution < 1.29 is 0 Å². The van der Waals surface area contributed by atoms with Crippen molar-refractivity contribution in [3.8, 4) is 0 Å². The van der Waals surface area contributed by atoms with Gasteiger partial charge in [-0.05, 0) is 61.7 Å². The molecule has 0 aliphatic heterocycles. The Hall–Kier alpha value is -1.27. The van der Waals surface area contributed by atoms with Gasteiger partial charge < -0.3 is 5.32 Å². The Morgan fingerprint density at radius 2 is 1.96 bits per heavy atom. The number of nitrogens with zero attached hydrogens (tertiary/aromatic N) is 2. The number of hydrogen-bond donors (Lipinski definition) is 1. The first-order valence-electron chi connectivity index (χ1n) is 7.73. The molecule has 0 saturated heterocycles. The van der Waals surface area contributed by atoms with Crippen LogP contribution in [0, 0.1) is 20.8 Å². The topological polar surface area (TPSA) is 37.8 Å². The van der Waals surface area contributed by atoms with E-state index >= 15 is 0 Å². The van der Waals surface area contributed by atoms with Crippen molar-refractivity contribution in [2.45, 2.75) is 39.8 Å². The summed E-state index contributed by atoms with van der Waals surface area (Å²) in [5.74, 6) is 0. The van der Waals surface area contributed by atoms with Gasteiger partial charge >= 0.3 is 0 Å². The first kappa shape index (κ1) is 19.1. The van der Waals surface area contributed by atoms with Gasteiger partial charge in [0.25, 0.3) is 0 Å². The van der Waals surface area contributed by atoms with E-state index in [1.807, 2.05) is 13.0 Å². The van der Waals surface area contributed by atoms with Crippen LogP contribution in [0.4, 0.5) is 0 Å². The van der Waals surface area contributed by atoms with Crippen LogP contribution >= 0.6 is 35.1 Å². The lowest BCUT2D eigenvalue weighted by molar-refractivity contribution is 0.522. The molecule has 1 atom stereocenters. The van der Waals surface area contributed by atoms with Gasteiger partial charge in [0.15, 0.2) is 0 Å². The van der Waals surface area contributed by atoms with Gasteiger partial charge in [-0.15, -0.1) is 23.7 Å². The molecule has 0 aliphatic rings. The lowest BCUT2D eigenvalue weighted by atomic mass is 10.1. The maximum absolute atomic E-state index is 4.76. The summed E-state index contributed by atoms with van der Waals surface area (Å²) >= 11 is 3.54. The number of rotatable bonds is 6. The predicted octanol–water partition coefficient (Wildman–Crippen LogP) is 5.02. The molecule has 0 amide bonds. The number of aromatic nitrogens is 2. The number of thiophene rings is 1. The minimum atomic E-state index is 0. The average molecular weight is 380 g/mol. The molecule has 0 saturated carbocycles. The van der Waals surface area contributed by atoms with Crippen molar-refractivity contribution in [2.75, 3.05) is 0 Å². The molecule has 3 rings (SSSR count). The number of halogens is 1. The summed E-state index contributed by atoms with van der Waals surface area (Å²) in [5, 5.41) is 9.16. The molecule has 0 aromatic carbocycles. The van der Waals surface area contributed by atoms with E-state index in [2.05, 4.69) is 53.1 Å². The van der Waals surface area contributed by atoms with Crippen molar-refractivity contribution in [3.05, 3.63) is 67.6 Å². The van der Waals surface area contributed by atoms with E-state index in [0.29, 0.717) is 0 Å². The zero-order valence-corrected chi connectivity index (χ0v) is 16.5. The molecule has 1 N–H and O–H groups in total. The lowest BCUT2D eigenvalue weighted by Crippen LogP contribution is -2.23. The summed E-state index contributed by atoms with van der Waals surface area (Å²) in [6, 6.07) is 8.58. The predicted molar refractivity (Wildman–Crippen MR) is 105 cm³/mol. The van der Waals surface area contributed by atoms with Crippen molar-refractivity contribution in [2.24, 2.45) is 0 Å². The second-order valence-corrected chi connectivity index (χ2v) is 7.75. The molecule has 24 heavy (non-hydrogen) atoms. The van der Waals surface area contributed by atoms with E-state index in [0.717, 1.165) is 30.0 Å². The monoisotopic (exact) mass is 379 g/mol. The summed E-state index contributed by atoms with van der Waals surface area (Å²) in [6.07, 6.45) is 0.960. The highest BCUT2D eigenvalue weighted by Crippen LogP contribution is 2.26. The highest BCUT2D eigenvalue weighted by atomic mass is 35.5. The van der Waals surface area contributed by atoms with E-state index in [1.165, 1.54) is 15.4 Å². The molecule has 3 aromatic heterocycles. The highest BCUT2D eigenvalue weighted by Gasteiger charge is 2.17. The molecule has 3 aromatic rings. The quantitative estimate of drug-likeness (QED) is 0.653. The molecule has 0 aliphatic carbocycles. The fourth-order valence-electron chi connectivity index (χ4n) is 2.46. The van der Waals surface area contributed by atoms with E-state index in [9.17, 15) is 0 Å². The summed E-state index contributed by atoms with van der Waals surface area (Å²) in [4.78, 5) is 10.6. The zero-order chi connectivity index (χ0) is 16.2. The fraction of sp³-hybridized carbons (Fsp3) is 0.333. The smallest absolute Gasteiger partial charge is 0.110 e. The largest absolute Gasteiger partial charge is 0.302 e. The van der Waals surface area contributed by atoms with Gasteiger partial charge in [0.2, 0.25) is 0 Å². The third kappa shape index (κ3) is 4.86. The Balaban J connectivity index is 0.00000208. The number of thiazole rings is 1. The van der Waals surface area contributed by atoms with Crippen LogP contribution in [-0.4, -0.2) is 9.97 Å². The Morgan fingerprint density at radius 1 is 1.12 bits per heavy atom. The third-order valence-corrected chi connectivity index (χ3v) is 5.76. The molecule has 0 fully saturated rings. The van der Waals surface area contributed by atoms with Gasteiger partial charge in [0.05, 0.1) is 17.4 Å². The summed E-state index contributed by atoms with van der Waals surface area (Å²) in [7, 11) is 0. The molecule has 6 heteroatoms. The van der Waals surface area contributed by atoms with Crippen molar-refractivity contribution in [1.82, 2.24) is 15.3 Å². The van der Waals surface area contributed by atoms with Gasteiger partial charge in [0, 0.05) is 17.1 Å². The first-order chi connectivity index (χ1) is 11.1. The van der Waals surface area contributed by atoms with Crippen molar-refractivity contribution in [3.63, 3.8) is 0 Å². The highest BCUT2D eigenvalue weighted by molar-refractivity contribution is 7.11. The average Bonchev–Trinajstić information content (AvgIpc) is 3.14. The van der Waals surface area contributed by atoms with Crippen molar-refractivity contribution >= 4 is 35.1 Å². The lowest BCUT2D eigenvalue weighted by Gasteiger charge is -2.16. The zero-order valence-electron chi connectivity index (χ0n) is 14.1. The summed E-state index contributed by atoms with van der Waals surface area (Å²) in [5.41, 5.74) is 4.62. The number of hydrogen-bond acceptors (Lipinski definition) is 5. The van der Waals surface area contributed by atoms with Gasteiger partial charge in [-0.25, -0.2) is 4.98 Å². The Kier molecular flexibility index (Phi) is 6.92. The van der Waals surface area contributed by atoms with Gasteiger partial charge in [-0.2, -0.15) is 11.3 Å². The minimum Gasteiger partial charge on any atom is -0.302 e. The molecule has 0 bridgehead atoms. The van der Waals surface area contributed by atoms with Crippen LogP contribution in [0.5, 0.6) is 0 Å². The minimum absolute atomic E-state index is 0. The molecule has 3 nitrogen and oxygen atoms in total. The number of nitrogens with one attached hydrogen (secondary N) is 1. The second kappa shape index (κ2) is 8.72. The first-order valence-corrected chi connectivity index (χ1v) is 9.48. The van der Waals surface area contributed by atoms with Crippen LogP contribution in [0.3, 0.4) is 0 Å². The number of aryl methyl sites for hydroxylation is 3. The molecule has 3 heterocycles. The Labute approximate surface area is 157 Å². The summed E-state index contributed by atoms with van der Waals surface area (Å²) < 4.78 is 0. The van der Waals surface area contributed by atoms with E-state index in [-0.39, 0.29) is 18.4 Å². The molecule has 128 valence electrons. The molecule has 0 radical (unpaired) electrons. The summed E-state index contributed by atoms with van der Waals surface area (Å²) in [6.45, 7) is 7.01. The van der Waals surface area contributed by atoms with E-state index in [4.69, 9.17) is 4.98 Å². The molecular weight excluding hydrogens is 358 g/mol. The Morgan fingerprint density at radius 3 is 2.58 bits per heavy atom. The molecular formula is C18H22ClN3S2. The normalized spacial score (nSPS) is 12.0.